The number of nitrogens with zero attached hydrogens (tertiary/aromatic N) is 4. The Hall–Kier alpha value is -3.15. The maximum Gasteiger partial charge on any atom is 0.255 e. The van der Waals surface area contributed by atoms with Gasteiger partial charge < -0.3 is 14.2 Å². The summed E-state index contributed by atoms with van der Waals surface area (Å²) in [7, 11) is 3.45. The quantitative estimate of drug-likeness (QED) is 0.678. The molecule has 0 saturated carbocycles. The molecule has 0 aliphatic heterocycles. The fourth-order valence-corrected chi connectivity index (χ4v) is 3.60. The summed E-state index contributed by atoms with van der Waals surface area (Å²) >= 11 is 0. The van der Waals surface area contributed by atoms with Gasteiger partial charge >= 0.3 is 0 Å². The number of aryl methyl sites for hydroxylation is 2. The van der Waals surface area contributed by atoms with E-state index < -0.39 is 0 Å². The molecule has 0 atom stereocenters. The second-order valence-electron chi connectivity index (χ2n) is 7.04. The van der Waals surface area contributed by atoms with Crippen molar-refractivity contribution >= 4 is 5.91 Å². The van der Waals surface area contributed by atoms with E-state index in [2.05, 4.69) is 9.97 Å². The van der Waals surface area contributed by atoms with E-state index in [1.54, 1.807) is 37.6 Å². The maximum atomic E-state index is 13.1. The van der Waals surface area contributed by atoms with Crippen LogP contribution in [0, 0.1) is 27.7 Å². The topological polar surface area (TPSA) is 60.2 Å². The molecule has 3 aromatic heterocycles. The third-order valence-corrected chi connectivity index (χ3v) is 5.05. The molecule has 0 aliphatic carbocycles. The Morgan fingerprint density at radius 1 is 1.21 bits per heavy atom. The second kappa shape index (κ2) is 7.84. The third kappa shape index (κ3) is 3.50. The highest BCUT2D eigenvalue weighted by Gasteiger charge is 2.21. The van der Waals surface area contributed by atoms with Gasteiger partial charge in [-0.3, -0.25) is 14.8 Å². The molecule has 0 fully saturated rings. The van der Waals surface area contributed by atoms with E-state index in [1.165, 1.54) is 0 Å². The first-order valence-corrected chi connectivity index (χ1v) is 9.19. The third-order valence-electron chi connectivity index (χ3n) is 5.05. The van der Waals surface area contributed by atoms with Gasteiger partial charge in [-0.1, -0.05) is 0 Å². The van der Waals surface area contributed by atoms with Crippen molar-refractivity contribution in [3.8, 4) is 11.4 Å². The molecular weight excluding hydrogens is 352 g/mol. The van der Waals surface area contributed by atoms with Crippen LogP contribution < -0.4 is 4.74 Å². The van der Waals surface area contributed by atoms with Gasteiger partial charge in [0, 0.05) is 42.0 Å². The van der Waals surface area contributed by atoms with E-state index in [1.807, 2.05) is 50.5 Å². The van der Waals surface area contributed by atoms with E-state index >= 15 is 0 Å². The summed E-state index contributed by atoms with van der Waals surface area (Å²) in [5.74, 6) is 0.782. The molecule has 3 heterocycles. The SMILES string of the molecule is COc1c(C)cnc(CN(C)C(=O)c2cc(C)n(-c3cccnc3)c2C)c1C. The van der Waals surface area contributed by atoms with Crippen LogP contribution >= 0.6 is 0 Å². The Balaban J connectivity index is 1.89. The van der Waals surface area contributed by atoms with E-state index in [4.69, 9.17) is 4.74 Å². The summed E-state index contributed by atoms with van der Waals surface area (Å²) in [6.45, 7) is 8.30. The summed E-state index contributed by atoms with van der Waals surface area (Å²) in [5, 5.41) is 0. The predicted molar refractivity (Wildman–Crippen MR) is 109 cm³/mol. The van der Waals surface area contributed by atoms with Crippen LogP contribution in [-0.2, 0) is 6.54 Å². The Morgan fingerprint density at radius 2 is 1.96 bits per heavy atom. The van der Waals surface area contributed by atoms with Gasteiger partial charge in [0.05, 0.1) is 36.8 Å². The van der Waals surface area contributed by atoms with Crippen LogP contribution in [0.4, 0.5) is 0 Å². The monoisotopic (exact) mass is 378 g/mol. The van der Waals surface area contributed by atoms with Gasteiger partial charge in [0.15, 0.2) is 0 Å². The lowest BCUT2D eigenvalue weighted by Crippen LogP contribution is -2.27. The van der Waals surface area contributed by atoms with Crippen molar-refractivity contribution in [2.45, 2.75) is 34.2 Å². The minimum Gasteiger partial charge on any atom is -0.496 e. The Kier molecular flexibility index (Phi) is 5.49. The Morgan fingerprint density at radius 3 is 2.61 bits per heavy atom. The summed E-state index contributed by atoms with van der Waals surface area (Å²) < 4.78 is 7.53. The van der Waals surface area contributed by atoms with Crippen molar-refractivity contribution in [3.05, 3.63) is 70.6 Å². The second-order valence-corrected chi connectivity index (χ2v) is 7.04. The number of carbonyl (C=O) groups is 1. The zero-order valence-corrected chi connectivity index (χ0v) is 17.3. The fourth-order valence-electron chi connectivity index (χ4n) is 3.60. The lowest BCUT2D eigenvalue weighted by Gasteiger charge is -2.19. The number of amides is 1. The molecule has 3 rings (SSSR count). The van der Waals surface area contributed by atoms with E-state index in [-0.39, 0.29) is 5.91 Å². The predicted octanol–water partition coefficient (Wildman–Crippen LogP) is 3.78. The smallest absolute Gasteiger partial charge is 0.255 e. The molecule has 3 aromatic rings. The number of hydrogen-bond acceptors (Lipinski definition) is 4. The maximum absolute atomic E-state index is 13.1. The van der Waals surface area contributed by atoms with Crippen LogP contribution in [0.3, 0.4) is 0 Å². The summed E-state index contributed by atoms with van der Waals surface area (Å²) in [6, 6.07) is 5.80. The Bertz CT molecular complexity index is 1010. The first kappa shape index (κ1) is 19.6. The molecule has 0 aromatic carbocycles. The number of methoxy groups -OCH3 is 1. The van der Waals surface area contributed by atoms with Crippen LogP contribution in [-0.4, -0.2) is 39.5 Å². The molecule has 6 heteroatoms. The van der Waals surface area contributed by atoms with E-state index in [0.717, 1.165) is 39.6 Å². The van der Waals surface area contributed by atoms with Crippen LogP contribution in [0.1, 0.15) is 38.6 Å². The molecule has 0 aliphatic rings. The number of aromatic nitrogens is 3. The summed E-state index contributed by atoms with van der Waals surface area (Å²) in [4.78, 5) is 23.5. The van der Waals surface area contributed by atoms with Gasteiger partial charge in [-0.25, -0.2) is 0 Å². The zero-order chi connectivity index (χ0) is 20.4. The molecule has 0 spiro atoms. The number of carbonyl (C=O) groups excluding carboxylic acids is 1. The average molecular weight is 378 g/mol. The number of hydrogen-bond donors (Lipinski definition) is 0. The highest BCUT2D eigenvalue weighted by atomic mass is 16.5. The Labute approximate surface area is 165 Å². The van der Waals surface area contributed by atoms with Crippen molar-refractivity contribution in [3.63, 3.8) is 0 Å². The van der Waals surface area contributed by atoms with Crippen LogP contribution in [0.15, 0.2) is 36.8 Å². The lowest BCUT2D eigenvalue weighted by atomic mass is 10.1. The first-order chi connectivity index (χ1) is 13.3. The molecule has 0 unspecified atom stereocenters. The fraction of sp³-hybridized carbons (Fsp3) is 0.318. The lowest BCUT2D eigenvalue weighted by molar-refractivity contribution is 0.0782. The van der Waals surface area contributed by atoms with Gasteiger partial charge in [-0.2, -0.15) is 0 Å². The van der Waals surface area contributed by atoms with Crippen molar-refractivity contribution in [2.24, 2.45) is 0 Å². The van der Waals surface area contributed by atoms with Gasteiger partial charge in [0.2, 0.25) is 0 Å². The minimum atomic E-state index is -0.0380. The normalized spacial score (nSPS) is 10.8. The van der Waals surface area contributed by atoms with E-state index in [9.17, 15) is 4.79 Å². The van der Waals surface area contributed by atoms with Gasteiger partial charge in [-0.15, -0.1) is 0 Å². The van der Waals surface area contributed by atoms with Crippen molar-refractivity contribution in [1.29, 1.82) is 0 Å². The number of pyridine rings is 2. The van der Waals surface area contributed by atoms with Crippen molar-refractivity contribution < 1.29 is 9.53 Å². The minimum absolute atomic E-state index is 0.0380. The average Bonchev–Trinajstić information content (AvgIpc) is 2.98. The van der Waals surface area contributed by atoms with Crippen LogP contribution in [0.5, 0.6) is 5.75 Å². The molecule has 0 saturated heterocycles. The largest absolute Gasteiger partial charge is 0.496 e. The van der Waals surface area contributed by atoms with Crippen molar-refractivity contribution in [2.75, 3.05) is 14.2 Å². The molecule has 146 valence electrons. The van der Waals surface area contributed by atoms with Gasteiger partial charge in [-0.05, 0) is 45.9 Å². The molecule has 0 N–H and O–H groups in total. The van der Waals surface area contributed by atoms with E-state index in [0.29, 0.717) is 12.1 Å². The summed E-state index contributed by atoms with van der Waals surface area (Å²) in [6.07, 6.45) is 5.32. The molecule has 6 nitrogen and oxygen atoms in total. The highest BCUT2D eigenvalue weighted by Crippen LogP contribution is 2.26. The standard InChI is InChI=1S/C22H26N4O2/c1-14-11-24-20(16(3)21(14)28-6)13-25(5)22(27)19-10-15(2)26(17(19)4)18-8-7-9-23-12-18/h7-12H,13H2,1-6H3. The van der Waals surface area contributed by atoms with Crippen LogP contribution in [0.25, 0.3) is 5.69 Å². The van der Waals surface area contributed by atoms with Crippen LogP contribution in [0.2, 0.25) is 0 Å². The number of rotatable bonds is 5. The molecule has 0 radical (unpaired) electrons. The van der Waals surface area contributed by atoms with Gasteiger partial charge in [0.25, 0.3) is 5.91 Å². The molecule has 0 bridgehead atoms. The molecular formula is C22H26N4O2. The summed E-state index contributed by atoms with van der Waals surface area (Å²) in [5.41, 5.74) is 6.29. The van der Waals surface area contributed by atoms with Crippen molar-refractivity contribution in [1.82, 2.24) is 19.4 Å². The molecule has 1 amide bonds. The molecule has 28 heavy (non-hydrogen) atoms. The zero-order valence-electron chi connectivity index (χ0n) is 17.3. The highest BCUT2D eigenvalue weighted by molar-refractivity contribution is 5.95. The number of ether oxygens (including phenoxy) is 1. The first-order valence-electron chi connectivity index (χ1n) is 9.19. The van der Waals surface area contributed by atoms with Gasteiger partial charge in [0.1, 0.15) is 5.75 Å².